The first-order chi connectivity index (χ1) is 11.1. The monoisotopic (exact) mass is 332 g/mol. The molecule has 0 radical (unpaired) electrons. The van der Waals surface area contributed by atoms with Gasteiger partial charge in [-0.2, -0.15) is 4.68 Å². The van der Waals surface area contributed by atoms with Crippen molar-refractivity contribution in [3.63, 3.8) is 0 Å². The number of likely N-dealkylation sites (N-methyl/N-ethyl adjacent to an activating group) is 1. The van der Waals surface area contributed by atoms with Gasteiger partial charge in [-0.3, -0.25) is 9.69 Å². The van der Waals surface area contributed by atoms with E-state index in [9.17, 15) is 14.9 Å². The summed E-state index contributed by atoms with van der Waals surface area (Å²) in [6.07, 6.45) is 1.17. The van der Waals surface area contributed by atoms with Gasteiger partial charge in [0.2, 0.25) is 6.33 Å². The average Bonchev–Trinajstić information content (AvgIpc) is 3.14. The van der Waals surface area contributed by atoms with E-state index in [2.05, 4.69) is 15.1 Å². The molecule has 118 valence electrons. The number of hydrogen-bond donors (Lipinski definition) is 0. The summed E-state index contributed by atoms with van der Waals surface area (Å²) in [6.45, 7) is 2.15. The Labute approximate surface area is 134 Å². The van der Waals surface area contributed by atoms with Crippen molar-refractivity contribution in [3.05, 3.63) is 40.7 Å². The van der Waals surface area contributed by atoms with Crippen molar-refractivity contribution in [2.24, 2.45) is 0 Å². The molecule has 0 aliphatic heterocycles. The van der Waals surface area contributed by atoms with E-state index in [0.717, 1.165) is 14.9 Å². The number of hydrogen-bond acceptors (Lipinski definition) is 7. The summed E-state index contributed by atoms with van der Waals surface area (Å²) in [4.78, 5) is 31.8. The summed E-state index contributed by atoms with van der Waals surface area (Å²) in [5, 5.41) is 14.8. The van der Waals surface area contributed by atoms with Gasteiger partial charge in [0, 0.05) is 11.6 Å². The van der Waals surface area contributed by atoms with Crippen LogP contribution in [0.25, 0.3) is 10.2 Å². The maximum Gasteiger partial charge on any atom is 0.490 e. The first-order valence-electron chi connectivity index (χ1n) is 6.78. The Balaban J connectivity index is 1.81. The maximum atomic E-state index is 12.4. The van der Waals surface area contributed by atoms with Gasteiger partial charge in [-0.15, -0.1) is 0 Å². The summed E-state index contributed by atoms with van der Waals surface area (Å²) in [6, 6.07) is 7.62. The number of carbonyl (C=O) groups is 1. The summed E-state index contributed by atoms with van der Waals surface area (Å²) >= 11 is 1.42. The quantitative estimate of drug-likeness (QED) is 0.521. The van der Waals surface area contributed by atoms with Gasteiger partial charge in [-0.05, 0) is 24.0 Å². The molecule has 0 atom stereocenters. The number of benzene rings is 1. The van der Waals surface area contributed by atoms with Crippen molar-refractivity contribution in [1.29, 1.82) is 0 Å². The third-order valence-corrected chi connectivity index (χ3v) is 4.18. The molecule has 0 aliphatic carbocycles. The van der Waals surface area contributed by atoms with Crippen molar-refractivity contribution in [3.8, 4) is 0 Å². The minimum Gasteiger partial charge on any atom is -0.390 e. The molecule has 1 amide bonds. The standard InChI is InChI=1S/C13H12N6O3S/c1-2-18(13-15-9-5-3-4-6-10(9)23-13)11(20)7-17-8-14-12(16-17)19(21)22/h3-6,8H,2,7H2,1H3. The van der Waals surface area contributed by atoms with Crippen molar-refractivity contribution < 1.29 is 9.72 Å². The molecule has 0 fully saturated rings. The van der Waals surface area contributed by atoms with E-state index in [-0.39, 0.29) is 12.5 Å². The molecular formula is C13H12N6O3S. The number of amides is 1. The Morgan fingerprint density at radius 3 is 2.87 bits per heavy atom. The molecular weight excluding hydrogens is 320 g/mol. The molecule has 0 saturated carbocycles. The fourth-order valence-corrected chi connectivity index (χ4v) is 3.11. The zero-order chi connectivity index (χ0) is 16.4. The van der Waals surface area contributed by atoms with E-state index in [0.29, 0.717) is 11.7 Å². The number of carbonyl (C=O) groups excluding carboxylic acids is 1. The topological polar surface area (TPSA) is 107 Å². The predicted molar refractivity (Wildman–Crippen MR) is 84.3 cm³/mol. The maximum absolute atomic E-state index is 12.4. The summed E-state index contributed by atoms with van der Waals surface area (Å²) in [5.74, 6) is -0.785. The van der Waals surface area contributed by atoms with Crippen LogP contribution in [0.5, 0.6) is 0 Å². The smallest absolute Gasteiger partial charge is 0.390 e. The molecule has 2 heterocycles. The average molecular weight is 332 g/mol. The molecule has 0 spiro atoms. The SMILES string of the molecule is CCN(C(=O)Cn1cnc([N+](=O)[O-])n1)c1nc2ccccc2s1. The van der Waals surface area contributed by atoms with Crippen molar-refractivity contribution in [2.75, 3.05) is 11.4 Å². The summed E-state index contributed by atoms with van der Waals surface area (Å²) in [7, 11) is 0. The zero-order valence-electron chi connectivity index (χ0n) is 12.1. The Morgan fingerprint density at radius 1 is 1.43 bits per heavy atom. The second kappa shape index (κ2) is 6.08. The predicted octanol–water partition coefficient (Wildman–Crippen LogP) is 1.85. The van der Waals surface area contributed by atoms with Gasteiger partial charge in [0.1, 0.15) is 6.54 Å². The van der Waals surface area contributed by atoms with Crippen molar-refractivity contribution in [2.45, 2.75) is 13.5 Å². The first-order valence-corrected chi connectivity index (χ1v) is 7.60. The molecule has 0 unspecified atom stereocenters. The van der Waals surface area contributed by atoms with Gasteiger partial charge in [0.15, 0.2) is 5.13 Å². The van der Waals surface area contributed by atoms with Gasteiger partial charge < -0.3 is 10.1 Å². The Kier molecular flexibility index (Phi) is 3.98. The van der Waals surface area contributed by atoms with Crippen LogP contribution in [0.15, 0.2) is 30.6 Å². The molecule has 0 N–H and O–H groups in total. The normalized spacial score (nSPS) is 10.8. The molecule has 2 aromatic heterocycles. The highest BCUT2D eigenvalue weighted by molar-refractivity contribution is 7.22. The van der Waals surface area contributed by atoms with Gasteiger partial charge in [0.25, 0.3) is 5.91 Å². The molecule has 0 aliphatic rings. The van der Waals surface area contributed by atoms with Crippen LogP contribution in [-0.4, -0.2) is 37.1 Å². The number of anilines is 1. The Hall–Kier alpha value is -2.88. The third kappa shape index (κ3) is 3.01. The lowest BCUT2D eigenvalue weighted by atomic mass is 10.3. The number of nitro groups is 1. The molecule has 10 heteroatoms. The lowest BCUT2D eigenvalue weighted by molar-refractivity contribution is -0.394. The number of thiazole rings is 1. The van der Waals surface area contributed by atoms with Gasteiger partial charge in [0.05, 0.1) is 10.2 Å². The molecule has 23 heavy (non-hydrogen) atoms. The molecule has 3 rings (SSSR count). The van der Waals surface area contributed by atoms with Crippen LogP contribution in [-0.2, 0) is 11.3 Å². The van der Waals surface area contributed by atoms with Gasteiger partial charge >= 0.3 is 5.95 Å². The highest BCUT2D eigenvalue weighted by Gasteiger charge is 2.21. The van der Waals surface area contributed by atoms with Crippen LogP contribution < -0.4 is 4.90 Å². The van der Waals surface area contributed by atoms with E-state index in [1.54, 1.807) is 0 Å². The molecule has 1 aromatic carbocycles. The number of para-hydroxylation sites is 1. The van der Waals surface area contributed by atoms with E-state index >= 15 is 0 Å². The van der Waals surface area contributed by atoms with Gasteiger partial charge in [-0.25, -0.2) is 4.98 Å². The van der Waals surface area contributed by atoms with E-state index in [4.69, 9.17) is 0 Å². The number of nitrogens with zero attached hydrogens (tertiary/aromatic N) is 6. The first kappa shape index (κ1) is 15.0. The number of fused-ring (bicyclic) bond motifs is 1. The number of rotatable bonds is 5. The van der Waals surface area contributed by atoms with E-state index in [1.165, 1.54) is 22.6 Å². The van der Waals surface area contributed by atoms with Crippen LogP contribution in [0.2, 0.25) is 0 Å². The second-order valence-electron chi connectivity index (χ2n) is 4.60. The second-order valence-corrected chi connectivity index (χ2v) is 5.61. The molecule has 9 nitrogen and oxygen atoms in total. The summed E-state index contributed by atoms with van der Waals surface area (Å²) in [5.41, 5.74) is 0.829. The minimum absolute atomic E-state index is 0.134. The number of aromatic nitrogens is 4. The van der Waals surface area contributed by atoms with E-state index < -0.39 is 10.9 Å². The fraction of sp³-hybridized carbons (Fsp3) is 0.231. The highest BCUT2D eigenvalue weighted by Crippen LogP contribution is 2.28. The molecule has 0 saturated heterocycles. The molecule has 3 aromatic rings. The van der Waals surface area contributed by atoms with Crippen LogP contribution in [0.3, 0.4) is 0 Å². The van der Waals surface area contributed by atoms with Crippen LogP contribution >= 0.6 is 11.3 Å². The minimum atomic E-state index is -0.702. The van der Waals surface area contributed by atoms with Gasteiger partial charge in [-0.1, -0.05) is 28.5 Å². The fourth-order valence-electron chi connectivity index (χ4n) is 2.06. The Bertz CT molecular complexity index is 840. The van der Waals surface area contributed by atoms with Crippen LogP contribution in [0.1, 0.15) is 6.92 Å². The largest absolute Gasteiger partial charge is 0.490 e. The van der Waals surface area contributed by atoms with Crippen LogP contribution in [0.4, 0.5) is 11.1 Å². The zero-order valence-corrected chi connectivity index (χ0v) is 12.9. The van der Waals surface area contributed by atoms with Crippen molar-refractivity contribution in [1.82, 2.24) is 19.7 Å². The van der Waals surface area contributed by atoms with Crippen molar-refractivity contribution >= 4 is 38.5 Å². The lowest BCUT2D eigenvalue weighted by Gasteiger charge is -2.16. The van der Waals surface area contributed by atoms with E-state index in [1.807, 2.05) is 31.2 Å². The third-order valence-electron chi connectivity index (χ3n) is 3.12. The lowest BCUT2D eigenvalue weighted by Crippen LogP contribution is -2.33. The molecule has 0 bridgehead atoms. The van der Waals surface area contributed by atoms with Crippen LogP contribution in [0, 0.1) is 10.1 Å². The highest BCUT2D eigenvalue weighted by atomic mass is 32.1. The Morgan fingerprint density at radius 2 is 2.22 bits per heavy atom. The summed E-state index contributed by atoms with van der Waals surface area (Å²) < 4.78 is 2.14.